The first kappa shape index (κ1) is 43.7. The molecule has 0 radical (unpaired) electrons. The number of benzene rings is 1. The monoisotopic (exact) mass is 751 g/mol. The zero-order valence-electron chi connectivity index (χ0n) is 32.6. The lowest BCUT2D eigenvalue weighted by atomic mass is 9.80. The molecule has 2 fully saturated rings. The van der Waals surface area contributed by atoms with Crippen LogP contribution in [0.2, 0.25) is 0 Å². The molecule has 15 nitrogen and oxygen atoms in total. The molecule has 2 aliphatic rings. The van der Waals surface area contributed by atoms with Gasteiger partial charge in [0.05, 0.1) is 44.5 Å². The Bertz CT molecular complexity index is 1350. The van der Waals surface area contributed by atoms with Crippen LogP contribution in [0.15, 0.2) is 18.2 Å². The lowest BCUT2D eigenvalue weighted by Gasteiger charge is -2.33. The highest BCUT2D eigenvalue weighted by atomic mass is 16.7. The standard InChI is InChI=1S/C38H61N3O12/c1-23(2)26(14-25-10-11-30(48-8)32(15-25)51-13-9-12-47-7)16-29-31(17-28(24(3)4)34(42)40-21-38(5,6)36(39)44)53-33(41(29)37(45)46)20-52-35(43)27-18-49-22-50-19-27/h10-11,15,23-24,26-29,31,33H,9,12-14,16-22H2,1-8H3,(H2,39,44)(H,40,42)(H,45,46)/t26-,28-,29-,31-,33?/m0/s1. The molecule has 300 valence electrons. The van der Waals surface area contributed by atoms with Crippen molar-refractivity contribution < 1.29 is 57.4 Å². The Labute approximate surface area is 313 Å². The van der Waals surface area contributed by atoms with E-state index in [-0.39, 0.29) is 63.2 Å². The molecule has 5 atom stereocenters. The fourth-order valence-corrected chi connectivity index (χ4v) is 6.52. The van der Waals surface area contributed by atoms with Crippen molar-refractivity contribution in [1.82, 2.24) is 10.2 Å². The number of ether oxygens (including phenoxy) is 7. The summed E-state index contributed by atoms with van der Waals surface area (Å²) in [4.78, 5) is 52.7. The van der Waals surface area contributed by atoms with Gasteiger partial charge in [0.25, 0.3) is 0 Å². The molecule has 53 heavy (non-hydrogen) atoms. The van der Waals surface area contributed by atoms with Crippen LogP contribution in [0, 0.1) is 35.0 Å². The third-order valence-corrected chi connectivity index (χ3v) is 10.1. The van der Waals surface area contributed by atoms with Gasteiger partial charge in [-0.25, -0.2) is 4.79 Å². The molecule has 2 aliphatic heterocycles. The molecule has 4 N–H and O–H groups in total. The largest absolute Gasteiger partial charge is 0.493 e. The van der Waals surface area contributed by atoms with Gasteiger partial charge in [-0.15, -0.1) is 0 Å². The van der Waals surface area contributed by atoms with E-state index >= 15 is 0 Å². The number of carbonyl (C=O) groups is 4. The summed E-state index contributed by atoms with van der Waals surface area (Å²) in [6.45, 7) is 12.4. The van der Waals surface area contributed by atoms with Gasteiger partial charge in [0.2, 0.25) is 11.8 Å². The molecule has 0 bridgehead atoms. The van der Waals surface area contributed by atoms with Gasteiger partial charge in [0.15, 0.2) is 17.7 Å². The molecule has 2 heterocycles. The number of carboxylic acid groups (broad SMARTS) is 1. The highest BCUT2D eigenvalue weighted by molar-refractivity contribution is 5.83. The zero-order chi connectivity index (χ0) is 39.3. The molecule has 3 amide bonds. The van der Waals surface area contributed by atoms with Gasteiger partial charge in [0.1, 0.15) is 19.3 Å². The van der Waals surface area contributed by atoms with Gasteiger partial charge in [-0.3, -0.25) is 19.3 Å². The minimum atomic E-state index is -1.23. The molecule has 0 spiro atoms. The van der Waals surface area contributed by atoms with Crippen molar-refractivity contribution in [1.29, 1.82) is 0 Å². The predicted octanol–water partition coefficient (Wildman–Crippen LogP) is 3.84. The fraction of sp³-hybridized carbons (Fsp3) is 0.737. The van der Waals surface area contributed by atoms with E-state index in [0.717, 1.165) is 5.56 Å². The number of primary amides is 1. The quantitative estimate of drug-likeness (QED) is 0.122. The van der Waals surface area contributed by atoms with Crippen molar-refractivity contribution in [2.45, 2.75) is 85.6 Å². The smallest absolute Gasteiger partial charge is 0.409 e. The van der Waals surface area contributed by atoms with E-state index in [9.17, 15) is 24.3 Å². The molecular formula is C38H61N3O12. The first-order valence-electron chi connectivity index (χ1n) is 18.4. The third-order valence-electron chi connectivity index (χ3n) is 10.1. The molecule has 1 unspecified atom stereocenters. The third kappa shape index (κ3) is 12.7. The summed E-state index contributed by atoms with van der Waals surface area (Å²) in [6, 6.07) is 5.11. The van der Waals surface area contributed by atoms with Crippen molar-refractivity contribution in [2.24, 2.45) is 40.7 Å². The summed E-state index contributed by atoms with van der Waals surface area (Å²) in [5.74, 6) is -1.47. The summed E-state index contributed by atoms with van der Waals surface area (Å²) in [5.41, 5.74) is 5.56. The molecule has 1 aromatic carbocycles. The lowest BCUT2D eigenvalue weighted by Crippen LogP contribution is -2.47. The minimum absolute atomic E-state index is 0.0248. The maximum Gasteiger partial charge on any atom is 0.409 e. The maximum atomic E-state index is 13.6. The van der Waals surface area contributed by atoms with Gasteiger partial charge < -0.3 is 49.3 Å². The van der Waals surface area contributed by atoms with E-state index in [1.54, 1.807) is 28.1 Å². The van der Waals surface area contributed by atoms with E-state index in [1.807, 2.05) is 32.0 Å². The summed E-state index contributed by atoms with van der Waals surface area (Å²) in [6.07, 6.45) is -1.14. The predicted molar refractivity (Wildman–Crippen MR) is 194 cm³/mol. The van der Waals surface area contributed by atoms with Crippen molar-refractivity contribution in [3.05, 3.63) is 23.8 Å². The number of carbonyl (C=O) groups excluding carboxylic acids is 3. The Morgan fingerprint density at radius 3 is 2.30 bits per heavy atom. The highest BCUT2D eigenvalue weighted by Gasteiger charge is 2.48. The Morgan fingerprint density at radius 2 is 1.72 bits per heavy atom. The molecule has 0 saturated carbocycles. The molecule has 0 aliphatic carbocycles. The van der Waals surface area contributed by atoms with E-state index in [1.165, 1.54) is 4.90 Å². The highest BCUT2D eigenvalue weighted by Crippen LogP contribution is 2.37. The van der Waals surface area contributed by atoms with Crippen LogP contribution in [-0.2, 0) is 44.5 Å². The number of esters is 1. The van der Waals surface area contributed by atoms with Crippen molar-refractivity contribution in [3.8, 4) is 11.5 Å². The Hall–Kier alpha value is -3.66. The number of methoxy groups -OCH3 is 2. The normalized spacial score (nSPS) is 20.6. The van der Waals surface area contributed by atoms with Gasteiger partial charge in [-0.05, 0) is 68.6 Å². The fourth-order valence-electron chi connectivity index (χ4n) is 6.52. The summed E-state index contributed by atoms with van der Waals surface area (Å²) >= 11 is 0. The molecule has 2 saturated heterocycles. The lowest BCUT2D eigenvalue weighted by molar-refractivity contribution is -0.176. The van der Waals surface area contributed by atoms with Crippen LogP contribution in [0.4, 0.5) is 4.79 Å². The Morgan fingerprint density at radius 1 is 1.02 bits per heavy atom. The van der Waals surface area contributed by atoms with Crippen LogP contribution in [0.25, 0.3) is 0 Å². The number of amides is 3. The molecule has 1 aromatic rings. The second-order valence-corrected chi connectivity index (χ2v) is 15.2. The number of hydrogen-bond donors (Lipinski definition) is 3. The summed E-state index contributed by atoms with van der Waals surface area (Å²) in [5, 5.41) is 13.5. The number of nitrogens with zero attached hydrogens (tertiary/aromatic N) is 1. The van der Waals surface area contributed by atoms with Gasteiger partial charge in [0, 0.05) is 32.6 Å². The van der Waals surface area contributed by atoms with Crippen LogP contribution in [0.3, 0.4) is 0 Å². The molecule has 0 aromatic heterocycles. The molecule has 15 heteroatoms. The second kappa shape index (κ2) is 20.7. The topological polar surface area (TPSA) is 194 Å². The molecular weight excluding hydrogens is 690 g/mol. The van der Waals surface area contributed by atoms with Crippen LogP contribution >= 0.6 is 0 Å². The van der Waals surface area contributed by atoms with E-state index in [0.29, 0.717) is 44.0 Å². The molecule has 3 rings (SSSR count). The first-order valence-corrected chi connectivity index (χ1v) is 18.4. The van der Waals surface area contributed by atoms with Crippen molar-refractivity contribution in [2.75, 3.05) is 60.6 Å². The second-order valence-electron chi connectivity index (χ2n) is 15.2. The number of nitrogens with two attached hydrogens (primary N) is 1. The summed E-state index contributed by atoms with van der Waals surface area (Å²) in [7, 11) is 3.23. The Balaban J connectivity index is 1.91. The summed E-state index contributed by atoms with van der Waals surface area (Å²) < 4.78 is 39.2. The van der Waals surface area contributed by atoms with Crippen molar-refractivity contribution in [3.63, 3.8) is 0 Å². The van der Waals surface area contributed by atoms with Gasteiger partial charge >= 0.3 is 12.1 Å². The van der Waals surface area contributed by atoms with Crippen molar-refractivity contribution >= 4 is 23.9 Å². The number of nitrogens with one attached hydrogen (secondary N) is 1. The van der Waals surface area contributed by atoms with E-state index in [2.05, 4.69) is 19.2 Å². The Kier molecular flexibility index (Phi) is 17.1. The van der Waals surface area contributed by atoms with Gasteiger partial charge in [-0.2, -0.15) is 0 Å². The average molecular weight is 752 g/mol. The van der Waals surface area contributed by atoms with E-state index in [4.69, 9.17) is 38.9 Å². The van der Waals surface area contributed by atoms with Crippen LogP contribution in [0.5, 0.6) is 11.5 Å². The zero-order valence-corrected chi connectivity index (χ0v) is 32.6. The SMILES string of the molecule is COCCCOc1cc(C[C@@H](C[C@H]2[C@H](C[C@H](C(=O)NCC(C)(C)C(N)=O)C(C)C)OC(COC(=O)C3COCOC3)N2C(=O)O)C(C)C)ccc1OC. The number of hydrogen-bond acceptors (Lipinski definition) is 11. The van der Waals surface area contributed by atoms with Gasteiger partial charge in [-0.1, -0.05) is 33.8 Å². The van der Waals surface area contributed by atoms with Crippen LogP contribution in [0.1, 0.15) is 66.4 Å². The first-order chi connectivity index (χ1) is 25.1. The van der Waals surface area contributed by atoms with E-state index < -0.39 is 53.6 Å². The average Bonchev–Trinajstić information content (AvgIpc) is 3.46. The van der Waals surface area contributed by atoms with Crippen LogP contribution < -0.4 is 20.5 Å². The van der Waals surface area contributed by atoms with Crippen LogP contribution in [-0.4, -0.2) is 113 Å². The maximum absolute atomic E-state index is 13.6. The number of rotatable bonds is 21. The minimum Gasteiger partial charge on any atom is -0.493 e.